The van der Waals surface area contributed by atoms with Gasteiger partial charge in [-0.1, -0.05) is 72.8 Å². The van der Waals surface area contributed by atoms with Crippen LogP contribution in [0.15, 0.2) is 108 Å². The molecule has 31 heavy (non-hydrogen) atoms. The van der Waals surface area contributed by atoms with Gasteiger partial charge in [0.15, 0.2) is 5.76 Å². The van der Waals surface area contributed by atoms with E-state index in [-0.39, 0.29) is 11.7 Å². The van der Waals surface area contributed by atoms with Gasteiger partial charge in [0.2, 0.25) is 5.91 Å². The number of carbonyl (C=O) groups is 2. The third-order valence-electron chi connectivity index (χ3n) is 4.91. The SMILES string of the molecule is O=C(N[C@H](Cc1ccccc1)C(=O)Nc1ccc(-c2ccccc2)cc1)c1ccco1. The number of furan rings is 1. The minimum Gasteiger partial charge on any atom is -0.459 e. The zero-order valence-corrected chi connectivity index (χ0v) is 16.8. The van der Waals surface area contributed by atoms with E-state index in [1.807, 2.05) is 84.9 Å². The lowest BCUT2D eigenvalue weighted by molar-refractivity contribution is -0.118. The number of amides is 2. The summed E-state index contributed by atoms with van der Waals surface area (Å²) in [5, 5.41) is 5.69. The lowest BCUT2D eigenvalue weighted by atomic mass is 10.0. The molecule has 1 atom stereocenters. The highest BCUT2D eigenvalue weighted by Gasteiger charge is 2.23. The van der Waals surface area contributed by atoms with Crippen molar-refractivity contribution in [2.45, 2.75) is 12.5 Å². The van der Waals surface area contributed by atoms with Crippen molar-refractivity contribution in [3.63, 3.8) is 0 Å². The maximum Gasteiger partial charge on any atom is 0.287 e. The lowest BCUT2D eigenvalue weighted by Crippen LogP contribution is -2.45. The van der Waals surface area contributed by atoms with Crippen LogP contribution in [0.1, 0.15) is 16.1 Å². The van der Waals surface area contributed by atoms with Gasteiger partial charge < -0.3 is 15.1 Å². The Kier molecular flexibility index (Phi) is 6.24. The third-order valence-corrected chi connectivity index (χ3v) is 4.91. The molecular weight excluding hydrogens is 388 g/mol. The molecule has 0 saturated carbocycles. The van der Waals surface area contributed by atoms with E-state index in [2.05, 4.69) is 10.6 Å². The first-order valence-corrected chi connectivity index (χ1v) is 10.0. The molecule has 3 aromatic carbocycles. The maximum absolute atomic E-state index is 13.0. The monoisotopic (exact) mass is 410 g/mol. The second-order valence-electron chi connectivity index (χ2n) is 7.13. The molecule has 2 amide bonds. The maximum atomic E-state index is 13.0. The molecule has 0 radical (unpaired) electrons. The molecule has 0 saturated heterocycles. The molecule has 5 nitrogen and oxygen atoms in total. The zero-order chi connectivity index (χ0) is 21.5. The quantitative estimate of drug-likeness (QED) is 0.454. The molecule has 1 heterocycles. The van der Waals surface area contributed by atoms with Crippen molar-refractivity contribution in [3.05, 3.63) is 115 Å². The summed E-state index contributed by atoms with van der Waals surface area (Å²) in [5.41, 5.74) is 3.77. The van der Waals surface area contributed by atoms with E-state index >= 15 is 0 Å². The van der Waals surface area contributed by atoms with Gasteiger partial charge in [0.1, 0.15) is 6.04 Å². The highest BCUT2D eigenvalue weighted by Crippen LogP contribution is 2.21. The number of rotatable bonds is 7. The van der Waals surface area contributed by atoms with Crippen LogP contribution in [0.25, 0.3) is 11.1 Å². The molecule has 4 aromatic rings. The van der Waals surface area contributed by atoms with Gasteiger partial charge in [0.25, 0.3) is 5.91 Å². The first-order chi connectivity index (χ1) is 15.2. The van der Waals surface area contributed by atoms with E-state index in [0.29, 0.717) is 12.1 Å². The highest BCUT2D eigenvalue weighted by molar-refractivity contribution is 6.00. The van der Waals surface area contributed by atoms with Gasteiger partial charge in [-0.05, 0) is 41.0 Å². The third kappa shape index (κ3) is 5.28. The fourth-order valence-electron chi connectivity index (χ4n) is 3.30. The van der Waals surface area contributed by atoms with Crippen molar-refractivity contribution in [1.29, 1.82) is 0 Å². The molecule has 2 N–H and O–H groups in total. The van der Waals surface area contributed by atoms with Crippen LogP contribution in [-0.4, -0.2) is 17.9 Å². The number of hydrogen-bond acceptors (Lipinski definition) is 3. The van der Waals surface area contributed by atoms with Gasteiger partial charge in [-0.15, -0.1) is 0 Å². The average Bonchev–Trinajstić information content (AvgIpc) is 3.36. The second-order valence-corrected chi connectivity index (χ2v) is 7.13. The molecule has 0 aliphatic carbocycles. The predicted molar refractivity (Wildman–Crippen MR) is 121 cm³/mol. The zero-order valence-electron chi connectivity index (χ0n) is 16.8. The Hall–Kier alpha value is -4.12. The Morgan fingerprint density at radius 2 is 1.39 bits per heavy atom. The molecule has 0 unspecified atom stereocenters. The van der Waals surface area contributed by atoms with Crippen LogP contribution in [0.3, 0.4) is 0 Å². The van der Waals surface area contributed by atoms with Gasteiger partial charge in [-0.25, -0.2) is 0 Å². The molecule has 0 aliphatic rings. The van der Waals surface area contributed by atoms with Crippen LogP contribution in [0.5, 0.6) is 0 Å². The van der Waals surface area contributed by atoms with Crippen LogP contribution in [0, 0.1) is 0 Å². The second kappa shape index (κ2) is 9.59. The van der Waals surface area contributed by atoms with Crippen molar-refractivity contribution in [2.24, 2.45) is 0 Å². The van der Waals surface area contributed by atoms with Gasteiger partial charge in [-0.3, -0.25) is 9.59 Å². The molecule has 0 bridgehead atoms. The summed E-state index contributed by atoms with van der Waals surface area (Å²) in [6.07, 6.45) is 1.79. The van der Waals surface area contributed by atoms with Crippen LogP contribution >= 0.6 is 0 Å². The molecule has 0 spiro atoms. The van der Waals surface area contributed by atoms with Crippen LogP contribution in [0.4, 0.5) is 5.69 Å². The molecule has 4 rings (SSSR count). The van der Waals surface area contributed by atoms with Crippen LogP contribution in [-0.2, 0) is 11.2 Å². The van der Waals surface area contributed by atoms with Gasteiger partial charge in [0.05, 0.1) is 6.26 Å². The average molecular weight is 410 g/mol. The highest BCUT2D eigenvalue weighted by atomic mass is 16.3. The Bertz CT molecular complexity index is 1120. The summed E-state index contributed by atoms with van der Waals surface area (Å²) in [4.78, 5) is 25.5. The fraction of sp³-hybridized carbons (Fsp3) is 0.0769. The molecule has 0 fully saturated rings. The smallest absolute Gasteiger partial charge is 0.287 e. The van der Waals surface area contributed by atoms with E-state index in [4.69, 9.17) is 4.42 Å². The van der Waals surface area contributed by atoms with Crippen LogP contribution < -0.4 is 10.6 Å². The van der Waals surface area contributed by atoms with Crippen molar-refractivity contribution >= 4 is 17.5 Å². The number of anilines is 1. The van der Waals surface area contributed by atoms with E-state index in [1.54, 1.807) is 12.1 Å². The van der Waals surface area contributed by atoms with Gasteiger partial charge in [-0.2, -0.15) is 0 Å². The fourth-order valence-corrected chi connectivity index (χ4v) is 3.30. The minimum absolute atomic E-state index is 0.165. The molecule has 1 aromatic heterocycles. The summed E-state index contributed by atoms with van der Waals surface area (Å²) in [5.74, 6) is -0.560. The summed E-state index contributed by atoms with van der Waals surface area (Å²) in [7, 11) is 0. The number of benzene rings is 3. The number of carbonyl (C=O) groups excluding carboxylic acids is 2. The standard InChI is InChI=1S/C26H22N2O3/c29-25(27-22-15-13-21(14-16-22)20-10-5-2-6-11-20)23(18-19-8-3-1-4-9-19)28-26(30)24-12-7-17-31-24/h1-17,23H,18H2,(H,27,29)(H,28,30)/t23-/m1/s1. The topological polar surface area (TPSA) is 71.3 Å². The van der Waals surface area contributed by atoms with Crippen molar-refractivity contribution in [1.82, 2.24) is 5.32 Å². The molecule has 154 valence electrons. The summed E-state index contributed by atoms with van der Waals surface area (Å²) >= 11 is 0. The van der Waals surface area contributed by atoms with Gasteiger partial charge >= 0.3 is 0 Å². The summed E-state index contributed by atoms with van der Waals surface area (Å²) in [6, 6.07) is 29.7. The summed E-state index contributed by atoms with van der Waals surface area (Å²) in [6.45, 7) is 0. The van der Waals surface area contributed by atoms with E-state index < -0.39 is 11.9 Å². The minimum atomic E-state index is -0.756. The normalized spacial score (nSPS) is 11.5. The Morgan fingerprint density at radius 1 is 0.742 bits per heavy atom. The van der Waals surface area contributed by atoms with Crippen molar-refractivity contribution in [2.75, 3.05) is 5.32 Å². The molecule has 5 heteroatoms. The molecular formula is C26H22N2O3. The van der Waals surface area contributed by atoms with Crippen molar-refractivity contribution < 1.29 is 14.0 Å². The summed E-state index contributed by atoms with van der Waals surface area (Å²) < 4.78 is 5.16. The lowest BCUT2D eigenvalue weighted by Gasteiger charge is -2.18. The largest absolute Gasteiger partial charge is 0.459 e. The van der Waals surface area contributed by atoms with E-state index in [1.165, 1.54) is 6.26 Å². The Balaban J connectivity index is 1.48. The number of hydrogen-bond donors (Lipinski definition) is 2. The number of nitrogens with one attached hydrogen (secondary N) is 2. The molecule has 0 aliphatic heterocycles. The van der Waals surface area contributed by atoms with Crippen molar-refractivity contribution in [3.8, 4) is 11.1 Å². The predicted octanol–water partition coefficient (Wildman–Crippen LogP) is 4.93. The Morgan fingerprint density at radius 3 is 2.03 bits per heavy atom. The van der Waals surface area contributed by atoms with E-state index in [9.17, 15) is 9.59 Å². The first-order valence-electron chi connectivity index (χ1n) is 10.0. The van der Waals surface area contributed by atoms with Gasteiger partial charge in [0, 0.05) is 12.1 Å². The van der Waals surface area contributed by atoms with Crippen LogP contribution in [0.2, 0.25) is 0 Å². The Labute approximate surface area is 180 Å². The first kappa shape index (κ1) is 20.2. The van der Waals surface area contributed by atoms with E-state index in [0.717, 1.165) is 16.7 Å².